The third-order valence-corrected chi connectivity index (χ3v) is 6.15. The Morgan fingerprint density at radius 2 is 1.96 bits per heavy atom. The van der Waals surface area contributed by atoms with Crippen molar-refractivity contribution in [2.24, 2.45) is 11.8 Å². The molecule has 0 amide bonds. The van der Waals surface area contributed by atoms with Crippen molar-refractivity contribution >= 4 is 45.0 Å². The molecule has 1 aliphatic heterocycles. The Hall–Kier alpha value is -1.33. The summed E-state index contributed by atoms with van der Waals surface area (Å²) < 4.78 is 0.860. The lowest BCUT2D eigenvalue weighted by Crippen LogP contribution is -2.40. The van der Waals surface area contributed by atoms with Crippen molar-refractivity contribution in [1.29, 1.82) is 0 Å². The fourth-order valence-corrected chi connectivity index (χ4v) is 4.80. The molecule has 1 aliphatic rings. The third-order valence-electron chi connectivity index (χ3n) is 4.63. The first kappa shape index (κ1) is 17.5. The highest BCUT2D eigenvalue weighted by atomic mass is 32.2. The maximum atomic E-state index is 12.7. The van der Waals surface area contributed by atoms with Gasteiger partial charge < -0.3 is 9.88 Å². The van der Waals surface area contributed by atoms with Crippen molar-refractivity contribution in [3.8, 4) is 0 Å². The number of aromatic nitrogens is 1. The van der Waals surface area contributed by atoms with E-state index in [1.165, 1.54) is 18.2 Å². The number of rotatable bonds is 3. The Labute approximate surface area is 153 Å². The van der Waals surface area contributed by atoms with Gasteiger partial charge >= 0.3 is 0 Å². The molecule has 1 fully saturated rings. The Morgan fingerprint density at radius 1 is 1.29 bits per heavy atom. The number of carbonyl (C=O) groups excluding carboxylic acids is 1. The van der Waals surface area contributed by atoms with Crippen LogP contribution in [-0.2, 0) is 0 Å². The molecule has 2 atom stereocenters. The van der Waals surface area contributed by atoms with E-state index in [2.05, 4.69) is 23.7 Å². The highest BCUT2D eigenvalue weighted by Gasteiger charge is 2.24. The Morgan fingerprint density at radius 3 is 2.67 bits per heavy atom. The number of thioether (sulfide) groups is 1. The van der Waals surface area contributed by atoms with E-state index in [-0.39, 0.29) is 5.78 Å². The van der Waals surface area contributed by atoms with Crippen LogP contribution >= 0.6 is 24.0 Å². The normalized spacial score (nSPS) is 21.2. The number of H-pyrrole nitrogens is 1. The summed E-state index contributed by atoms with van der Waals surface area (Å²) in [5, 5.41) is 1.01. The van der Waals surface area contributed by atoms with E-state index >= 15 is 0 Å². The number of Topliss-reactive ketones (excluding diaryl/α,β-unsaturated/α-hetero) is 1. The topological polar surface area (TPSA) is 36.1 Å². The number of aromatic amines is 1. The summed E-state index contributed by atoms with van der Waals surface area (Å²) in [4.78, 5) is 18.3. The van der Waals surface area contributed by atoms with Crippen molar-refractivity contribution in [2.75, 3.05) is 18.8 Å². The summed E-state index contributed by atoms with van der Waals surface area (Å²) in [5.74, 6) is 1.88. The second-order valence-electron chi connectivity index (χ2n) is 7.00. The van der Waals surface area contributed by atoms with E-state index in [9.17, 15) is 4.79 Å². The third kappa shape index (κ3) is 3.67. The number of thiocarbonyl (C=S) groups is 1. The van der Waals surface area contributed by atoms with Crippen molar-refractivity contribution in [3.63, 3.8) is 0 Å². The fraction of sp³-hybridized carbons (Fsp3) is 0.474. The zero-order chi connectivity index (χ0) is 17.3. The molecule has 0 spiro atoms. The van der Waals surface area contributed by atoms with E-state index < -0.39 is 0 Å². The average molecular weight is 361 g/mol. The standard InChI is InChI=1S/C19H24N2OS2/c1-12-8-13(2)10-21(9-12)19(23)24-11-17(22)18-14(3)20-16-7-5-4-6-15(16)18/h4-7,12-13,20H,8-11H2,1-3H3/t12-,13-/m0/s1. The van der Waals surface area contributed by atoms with Crippen LogP contribution in [-0.4, -0.2) is 38.8 Å². The van der Waals surface area contributed by atoms with E-state index in [1.54, 1.807) is 0 Å². The Balaban J connectivity index is 1.67. The summed E-state index contributed by atoms with van der Waals surface area (Å²) in [6.07, 6.45) is 1.26. The number of hydrogen-bond acceptors (Lipinski definition) is 3. The molecule has 0 radical (unpaired) electrons. The smallest absolute Gasteiger partial charge is 0.175 e. The largest absolute Gasteiger partial charge is 0.358 e. The predicted molar refractivity (Wildman–Crippen MR) is 107 cm³/mol. The van der Waals surface area contributed by atoms with Gasteiger partial charge in [0.25, 0.3) is 0 Å². The van der Waals surface area contributed by atoms with E-state index in [4.69, 9.17) is 12.2 Å². The molecule has 0 bridgehead atoms. The van der Waals surface area contributed by atoms with Crippen LogP contribution in [0.2, 0.25) is 0 Å². The highest BCUT2D eigenvalue weighted by molar-refractivity contribution is 8.23. The van der Waals surface area contributed by atoms with Gasteiger partial charge in [-0.3, -0.25) is 4.79 Å². The first-order chi connectivity index (χ1) is 11.5. The lowest BCUT2D eigenvalue weighted by molar-refractivity contribution is 0.102. The van der Waals surface area contributed by atoms with Crippen LogP contribution < -0.4 is 0 Å². The molecule has 3 nitrogen and oxygen atoms in total. The van der Waals surface area contributed by atoms with E-state index in [0.29, 0.717) is 17.6 Å². The minimum atomic E-state index is 0.149. The SMILES string of the molecule is Cc1[nH]c2ccccc2c1C(=O)CSC(=S)N1C[C@@H](C)C[C@H](C)C1. The molecule has 2 heterocycles. The summed E-state index contributed by atoms with van der Waals surface area (Å²) in [6.45, 7) is 8.53. The predicted octanol–water partition coefficient (Wildman–Crippen LogP) is 4.66. The summed E-state index contributed by atoms with van der Waals surface area (Å²) in [5.41, 5.74) is 2.76. The molecule has 0 unspecified atom stereocenters. The number of nitrogens with zero attached hydrogens (tertiary/aromatic N) is 1. The van der Waals surface area contributed by atoms with E-state index in [1.807, 2.05) is 31.2 Å². The second-order valence-corrected chi connectivity index (χ2v) is 8.61. The lowest BCUT2D eigenvalue weighted by Gasteiger charge is -2.36. The molecule has 1 saturated heterocycles. The summed E-state index contributed by atoms with van der Waals surface area (Å²) in [7, 11) is 0. The number of fused-ring (bicyclic) bond motifs is 1. The fourth-order valence-electron chi connectivity index (χ4n) is 3.74. The van der Waals surface area contributed by atoms with Crippen LogP contribution in [0, 0.1) is 18.8 Å². The van der Waals surface area contributed by atoms with Crippen molar-refractivity contribution in [3.05, 3.63) is 35.5 Å². The molecule has 0 saturated carbocycles. The molecule has 1 N–H and O–H groups in total. The van der Waals surface area contributed by atoms with Crippen molar-refractivity contribution in [1.82, 2.24) is 9.88 Å². The molecule has 128 valence electrons. The summed E-state index contributed by atoms with van der Waals surface area (Å²) >= 11 is 7.09. The Kier molecular flexibility index (Phi) is 5.30. The number of aryl methyl sites for hydroxylation is 1. The van der Waals surface area contributed by atoms with Crippen LogP contribution in [0.3, 0.4) is 0 Å². The van der Waals surface area contributed by atoms with Gasteiger partial charge in [-0.2, -0.15) is 0 Å². The van der Waals surface area contributed by atoms with Crippen LogP contribution in [0.5, 0.6) is 0 Å². The van der Waals surface area contributed by atoms with Gasteiger partial charge in [0, 0.05) is 35.2 Å². The molecule has 1 aromatic heterocycles. The number of carbonyl (C=O) groups is 1. The molecule has 24 heavy (non-hydrogen) atoms. The maximum Gasteiger partial charge on any atom is 0.175 e. The van der Waals surface area contributed by atoms with E-state index in [0.717, 1.165) is 39.6 Å². The zero-order valence-electron chi connectivity index (χ0n) is 14.5. The number of ketones is 1. The monoisotopic (exact) mass is 360 g/mol. The maximum absolute atomic E-state index is 12.7. The molecule has 1 aromatic carbocycles. The van der Waals surface area contributed by atoms with Crippen LogP contribution in [0.25, 0.3) is 10.9 Å². The number of piperidine rings is 1. The minimum absolute atomic E-state index is 0.149. The number of likely N-dealkylation sites (tertiary alicyclic amines) is 1. The van der Waals surface area contributed by atoms with Crippen LogP contribution in [0.1, 0.15) is 36.3 Å². The molecule has 5 heteroatoms. The van der Waals surface area contributed by atoms with Gasteiger partial charge in [0.2, 0.25) is 0 Å². The second kappa shape index (κ2) is 7.28. The molecule has 0 aliphatic carbocycles. The van der Waals surface area contributed by atoms with Crippen molar-refractivity contribution < 1.29 is 4.79 Å². The summed E-state index contributed by atoms with van der Waals surface area (Å²) in [6, 6.07) is 7.96. The number of benzene rings is 1. The molecule has 3 rings (SSSR count). The first-order valence-corrected chi connectivity index (χ1v) is 9.87. The molecule has 2 aromatic rings. The van der Waals surface area contributed by atoms with Gasteiger partial charge in [0.1, 0.15) is 4.32 Å². The minimum Gasteiger partial charge on any atom is -0.358 e. The zero-order valence-corrected chi connectivity index (χ0v) is 16.1. The highest BCUT2D eigenvalue weighted by Crippen LogP contribution is 2.26. The molecular weight excluding hydrogens is 336 g/mol. The number of hydrogen-bond donors (Lipinski definition) is 1. The lowest BCUT2D eigenvalue weighted by atomic mass is 9.92. The number of para-hydroxylation sites is 1. The number of nitrogens with one attached hydrogen (secondary N) is 1. The quantitative estimate of drug-likeness (QED) is 0.638. The van der Waals surface area contributed by atoms with Gasteiger partial charge in [0.15, 0.2) is 5.78 Å². The Bertz CT molecular complexity index is 758. The van der Waals surface area contributed by atoms with Gasteiger partial charge in [-0.05, 0) is 31.2 Å². The average Bonchev–Trinajstić information content (AvgIpc) is 2.87. The van der Waals surface area contributed by atoms with Crippen LogP contribution in [0.15, 0.2) is 24.3 Å². The van der Waals surface area contributed by atoms with Crippen molar-refractivity contribution in [2.45, 2.75) is 27.2 Å². The van der Waals surface area contributed by atoms with Gasteiger partial charge in [0.05, 0.1) is 5.75 Å². The van der Waals surface area contributed by atoms with Gasteiger partial charge in [-0.1, -0.05) is 56.0 Å². The van der Waals surface area contributed by atoms with Crippen LogP contribution in [0.4, 0.5) is 0 Å². The first-order valence-electron chi connectivity index (χ1n) is 8.48. The molecular formula is C19H24N2OS2. The van der Waals surface area contributed by atoms with Gasteiger partial charge in [-0.25, -0.2) is 0 Å². The van der Waals surface area contributed by atoms with Gasteiger partial charge in [-0.15, -0.1) is 0 Å².